The molecule has 0 saturated carbocycles. The van der Waals surface area contributed by atoms with Crippen LogP contribution in [-0.4, -0.2) is 49.7 Å². The first-order chi connectivity index (χ1) is 10.1. The minimum absolute atomic E-state index is 0.111. The standard InChI is InChI=1S/C16H25N3O2/c1-12-3-5-14(6-4-12)15(11-18-16(20)13(2)17)19-7-9-21-10-8-19/h3-6,13,15H,7-11,17H2,1-2H3,(H,18,20). The van der Waals surface area contributed by atoms with Gasteiger partial charge in [0.25, 0.3) is 0 Å². The van der Waals surface area contributed by atoms with Crippen molar-refractivity contribution in [3.05, 3.63) is 35.4 Å². The van der Waals surface area contributed by atoms with E-state index in [0.29, 0.717) is 6.54 Å². The van der Waals surface area contributed by atoms with Gasteiger partial charge >= 0.3 is 0 Å². The highest BCUT2D eigenvalue weighted by Gasteiger charge is 2.23. The molecule has 1 aromatic carbocycles. The van der Waals surface area contributed by atoms with Crippen molar-refractivity contribution in [2.75, 3.05) is 32.8 Å². The SMILES string of the molecule is Cc1ccc(C(CNC(=O)C(C)N)N2CCOCC2)cc1. The van der Waals surface area contributed by atoms with Gasteiger partial charge in [0.2, 0.25) is 5.91 Å². The fraction of sp³-hybridized carbons (Fsp3) is 0.562. The third kappa shape index (κ3) is 4.52. The Bertz CT molecular complexity index is 453. The summed E-state index contributed by atoms with van der Waals surface area (Å²) in [5.74, 6) is -0.111. The van der Waals surface area contributed by atoms with E-state index in [1.165, 1.54) is 11.1 Å². The van der Waals surface area contributed by atoms with Crippen LogP contribution in [0.3, 0.4) is 0 Å². The Morgan fingerprint density at radius 1 is 1.33 bits per heavy atom. The molecule has 1 amide bonds. The maximum absolute atomic E-state index is 11.7. The molecule has 0 aliphatic carbocycles. The Hall–Kier alpha value is -1.43. The fourth-order valence-electron chi connectivity index (χ4n) is 2.49. The zero-order chi connectivity index (χ0) is 15.2. The molecule has 2 atom stereocenters. The number of morpholine rings is 1. The maximum atomic E-state index is 11.7. The molecule has 0 bridgehead atoms. The largest absolute Gasteiger partial charge is 0.379 e. The molecule has 5 heteroatoms. The summed E-state index contributed by atoms with van der Waals surface area (Å²) >= 11 is 0. The molecule has 2 rings (SSSR count). The van der Waals surface area contributed by atoms with Gasteiger partial charge < -0.3 is 15.8 Å². The Labute approximate surface area is 126 Å². The van der Waals surface area contributed by atoms with Gasteiger partial charge in [-0.15, -0.1) is 0 Å². The highest BCUT2D eigenvalue weighted by molar-refractivity contribution is 5.80. The molecule has 21 heavy (non-hydrogen) atoms. The van der Waals surface area contributed by atoms with E-state index < -0.39 is 6.04 Å². The second-order valence-corrected chi connectivity index (χ2v) is 5.61. The smallest absolute Gasteiger partial charge is 0.236 e. The Balaban J connectivity index is 2.09. The van der Waals surface area contributed by atoms with Gasteiger partial charge in [-0.1, -0.05) is 29.8 Å². The second-order valence-electron chi connectivity index (χ2n) is 5.61. The Morgan fingerprint density at radius 2 is 1.95 bits per heavy atom. The lowest BCUT2D eigenvalue weighted by Gasteiger charge is -2.35. The van der Waals surface area contributed by atoms with Gasteiger partial charge in [-0.05, 0) is 19.4 Å². The Kier molecular flexibility index (Phi) is 5.73. The molecular weight excluding hydrogens is 266 g/mol. The molecule has 3 N–H and O–H groups in total. The minimum atomic E-state index is -0.478. The van der Waals surface area contributed by atoms with Crippen molar-refractivity contribution in [3.63, 3.8) is 0 Å². The van der Waals surface area contributed by atoms with Crippen LogP contribution in [0.25, 0.3) is 0 Å². The summed E-state index contributed by atoms with van der Waals surface area (Å²) in [7, 11) is 0. The molecule has 1 heterocycles. The topological polar surface area (TPSA) is 67.6 Å². The molecule has 1 saturated heterocycles. The monoisotopic (exact) mass is 291 g/mol. The van der Waals surface area contributed by atoms with Crippen LogP contribution >= 0.6 is 0 Å². The number of amides is 1. The second kappa shape index (κ2) is 7.54. The number of carbonyl (C=O) groups excluding carboxylic acids is 1. The summed E-state index contributed by atoms with van der Waals surface area (Å²) in [6.45, 7) is 7.59. The highest BCUT2D eigenvalue weighted by Crippen LogP contribution is 2.21. The van der Waals surface area contributed by atoms with Gasteiger partial charge in [-0.2, -0.15) is 0 Å². The van der Waals surface area contributed by atoms with Crippen molar-refractivity contribution in [2.24, 2.45) is 5.73 Å². The number of hydrogen-bond acceptors (Lipinski definition) is 4. The summed E-state index contributed by atoms with van der Waals surface area (Å²) in [6, 6.07) is 8.17. The third-order valence-corrected chi connectivity index (χ3v) is 3.83. The zero-order valence-electron chi connectivity index (χ0n) is 12.8. The first-order valence-electron chi connectivity index (χ1n) is 7.49. The van der Waals surface area contributed by atoms with Crippen LogP contribution < -0.4 is 11.1 Å². The summed E-state index contributed by atoms with van der Waals surface area (Å²) < 4.78 is 5.42. The normalized spacial score (nSPS) is 19.0. The molecule has 5 nitrogen and oxygen atoms in total. The molecule has 116 valence electrons. The highest BCUT2D eigenvalue weighted by atomic mass is 16.5. The van der Waals surface area contributed by atoms with Crippen molar-refractivity contribution in [1.29, 1.82) is 0 Å². The summed E-state index contributed by atoms with van der Waals surface area (Å²) in [5, 5.41) is 2.95. The van der Waals surface area contributed by atoms with Crippen molar-refractivity contribution >= 4 is 5.91 Å². The first-order valence-corrected chi connectivity index (χ1v) is 7.49. The average molecular weight is 291 g/mol. The summed E-state index contributed by atoms with van der Waals surface area (Å²) in [4.78, 5) is 14.1. The molecule has 0 spiro atoms. The minimum Gasteiger partial charge on any atom is -0.379 e. The van der Waals surface area contributed by atoms with Crippen LogP contribution in [0.15, 0.2) is 24.3 Å². The number of rotatable bonds is 5. The van der Waals surface area contributed by atoms with E-state index in [9.17, 15) is 4.79 Å². The van der Waals surface area contributed by atoms with E-state index >= 15 is 0 Å². The zero-order valence-corrected chi connectivity index (χ0v) is 12.8. The number of nitrogens with one attached hydrogen (secondary N) is 1. The first kappa shape index (κ1) is 15.9. The van der Waals surface area contributed by atoms with Crippen LogP contribution in [0.1, 0.15) is 24.1 Å². The number of carbonyl (C=O) groups is 1. The van der Waals surface area contributed by atoms with E-state index in [1.807, 2.05) is 0 Å². The molecule has 1 aliphatic rings. The number of benzene rings is 1. The number of ether oxygens (including phenoxy) is 1. The van der Waals surface area contributed by atoms with E-state index in [-0.39, 0.29) is 11.9 Å². The predicted octanol–water partition coefficient (Wildman–Crippen LogP) is 0.832. The van der Waals surface area contributed by atoms with Crippen molar-refractivity contribution < 1.29 is 9.53 Å². The van der Waals surface area contributed by atoms with Crippen LogP contribution in [0.4, 0.5) is 0 Å². The van der Waals surface area contributed by atoms with Gasteiger partial charge in [0.05, 0.1) is 25.3 Å². The van der Waals surface area contributed by atoms with E-state index in [1.54, 1.807) is 6.92 Å². The van der Waals surface area contributed by atoms with Gasteiger partial charge in [0.15, 0.2) is 0 Å². The summed E-state index contributed by atoms with van der Waals surface area (Å²) in [5.41, 5.74) is 8.06. The number of nitrogens with two attached hydrogens (primary N) is 1. The molecule has 0 aromatic heterocycles. The average Bonchev–Trinajstić information content (AvgIpc) is 2.50. The fourth-order valence-corrected chi connectivity index (χ4v) is 2.49. The van der Waals surface area contributed by atoms with Crippen LogP contribution in [0.2, 0.25) is 0 Å². The molecular formula is C16H25N3O2. The lowest BCUT2D eigenvalue weighted by Crippen LogP contribution is -2.46. The quantitative estimate of drug-likeness (QED) is 0.843. The van der Waals surface area contributed by atoms with Gasteiger partial charge in [0, 0.05) is 19.6 Å². The summed E-state index contributed by atoms with van der Waals surface area (Å²) in [6.07, 6.45) is 0. The van der Waals surface area contributed by atoms with Crippen molar-refractivity contribution in [1.82, 2.24) is 10.2 Å². The number of hydrogen-bond donors (Lipinski definition) is 2. The maximum Gasteiger partial charge on any atom is 0.236 e. The molecule has 2 unspecified atom stereocenters. The van der Waals surface area contributed by atoms with E-state index in [0.717, 1.165) is 26.3 Å². The molecule has 0 radical (unpaired) electrons. The number of aryl methyl sites for hydroxylation is 1. The van der Waals surface area contributed by atoms with Crippen LogP contribution in [0.5, 0.6) is 0 Å². The van der Waals surface area contributed by atoms with Gasteiger partial charge in [-0.25, -0.2) is 0 Å². The molecule has 1 aliphatic heterocycles. The van der Waals surface area contributed by atoms with E-state index in [4.69, 9.17) is 10.5 Å². The van der Waals surface area contributed by atoms with Gasteiger partial charge in [-0.3, -0.25) is 9.69 Å². The van der Waals surface area contributed by atoms with Crippen LogP contribution in [-0.2, 0) is 9.53 Å². The van der Waals surface area contributed by atoms with Gasteiger partial charge in [0.1, 0.15) is 0 Å². The number of nitrogens with zero attached hydrogens (tertiary/aromatic N) is 1. The Morgan fingerprint density at radius 3 is 2.52 bits per heavy atom. The van der Waals surface area contributed by atoms with Crippen LogP contribution in [0, 0.1) is 6.92 Å². The predicted molar refractivity (Wildman–Crippen MR) is 83.0 cm³/mol. The third-order valence-electron chi connectivity index (χ3n) is 3.83. The lowest BCUT2D eigenvalue weighted by molar-refractivity contribution is -0.122. The molecule has 1 fully saturated rings. The van der Waals surface area contributed by atoms with Crippen molar-refractivity contribution in [3.8, 4) is 0 Å². The molecule has 1 aromatic rings. The van der Waals surface area contributed by atoms with E-state index in [2.05, 4.69) is 41.4 Å². The lowest BCUT2D eigenvalue weighted by atomic mass is 10.0. The van der Waals surface area contributed by atoms with Crippen molar-refractivity contribution in [2.45, 2.75) is 25.9 Å².